The Kier molecular flexibility index (Phi) is 4.95. The molecule has 0 amide bonds. The van der Waals surface area contributed by atoms with Crippen molar-refractivity contribution in [2.75, 3.05) is 32.7 Å². The maximum absolute atomic E-state index is 5.52. The molecular formula is C12H23NO2S. The van der Waals surface area contributed by atoms with E-state index in [0.29, 0.717) is 17.6 Å². The van der Waals surface area contributed by atoms with Crippen molar-refractivity contribution in [3.63, 3.8) is 0 Å². The van der Waals surface area contributed by atoms with Crippen molar-refractivity contribution < 1.29 is 9.47 Å². The third kappa shape index (κ3) is 3.36. The Morgan fingerprint density at radius 1 is 1.38 bits per heavy atom. The number of rotatable bonds is 5. The molecule has 0 aromatic rings. The van der Waals surface area contributed by atoms with Gasteiger partial charge < -0.3 is 14.8 Å². The Morgan fingerprint density at radius 3 is 2.81 bits per heavy atom. The second-order valence-electron chi connectivity index (χ2n) is 4.83. The summed E-state index contributed by atoms with van der Waals surface area (Å²) in [5.74, 6) is 0. The number of nitrogens with one attached hydrogen (secondary N) is 1. The molecular weight excluding hydrogens is 222 g/mol. The minimum atomic E-state index is 0.356. The summed E-state index contributed by atoms with van der Waals surface area (Å²) >= 11 is 2.04. The van der Waals surface area contributed by atoms with Crippen LogP contribution < -0.4 is 5.32 Å². The second-order valence-corrected chi connectivity index (χ2v) is 6.10. The summed E-state index contributed by atoms with van der Waals surface area (Å²) in [6, 6.07) is 0. The van der Waals surface area contributed by atoms with Gasteiger partial charge in [0.15, 0.2) is 0 Å². The first-order chi connectivity index (χ1) is 7.85. The molecule has 1 heterocycles. The first kappa shape index (κ1) is 12.7. The van der Waals surface area contributed by atoms with Gasteiger partial charge in [0.1, 0.15) is 6.79 Å². The Balaban J connectivity index is 1.66. The van der Waals surface area contributed by atoms with Gasteiger partial charge in [-0.15, -0.1) is 0 Å². The van der Waals surface area contributed by atoms with Gasteiger partial charge in [-0.2, -0.15) is 11.8 Å². The highest BCUT2D eigenvalue weighted by molar-refractivity contribution is 8.00. The SMILES string of the molecule is CSC1(CNCC2CCOCO2)CCCC1. The molecule has 2 rings (SSSR count). The van der Waals surface area contributed by atoms with Gasteiger partial charge in [-0.05, 0) is 25.5 Å². The van der Waals surface area contributed by atoms with E-state index < -0.39 is 0 Å². The van der Waals surface area contributed by atoms with E-state index in [-0.39, 0.29) is 0 Å². The molecule has 0 aromatic heterocycles. The third-order valence-corrected chi connectivity index (χ3v) is 5.16. The fourth-order valence-corrected chi connectivity index (χ4v) is 3.54. The maximum Gasteiger partial charge on any atom is 0.147 e. The normalized spacial score (nSPS) is 29.4. The molecule has 2 aliphatic rings. The average molecular weight is 245 g/mol. The summed E-state index contributed by atoms with van der Waals surface area (Å²) < 4.78 is 11.2. The molecule has 94 valence electrons. The highest BCUT2D eigenvalue weighted by atomic mass is 32.2. The summed E-state index contributed by atoms with van der Waals surface area (Å²) in [5.41, 5.74) is 0. The van der Waals surface area contributed by atoms with E-state index in [4.69, 9.17) is 9.47 Å². The highest BCUT2D eigenvalue weighted by Gasteiger charge is 2.32. The molecule has 4 heteroatoms. The summed E-state index contributed by atoms with van der Waals surface area (Å²) in [7, 11) is 0. The van der Waals surface area contributed by atoms with E-state index in [1.54, 1.807) is 0 Å². The van der Waals surface area contributed by atoms with Gasteiger partial charge in [0.05, 0.1) is 12.7 Å². The van der Waals surface area contributed by atoms with E-state index in [1.165, 1.54) is 25.7 Å². The van der Waals surface area contributed by atoms with Crippen LogP contribution in [-0.2, 0) is 9.47 Å². The van der Waals surface area contributed by atoms with Gasteiger partial charge in [0.25, 0.3) is 0 Å². The predicted molar refractivity (Wildman–Crippen MR) is 67.9 cm³/mol. The largest absolute Gasteiger partial charge is 0.355 e. The van der Waals surface area contributed by atoms with Gasteiger partial charge in [-0.1, -0.05) is 12.8 Å². The lowest BCUT2D eigenvalue weighted by atomic mass is 10.1. The smallest absolute Gasteiger partial charge is 0.147 e. The molecule has 0 aromatic carbocycles. The summed E-state index contributed by atoms with van der Waals surface area (Å²) in [6.07, 6.45) is 9.17. The molecule has 0 spiro atoms. The summed E-state index contributed by atoms with van der Waals surface area (Å²) in [4.78, 5) is 0. The van der Waals surface area contributed by atoms with Crippen molar-refractivity contribution in [3.8, 4) is 0 Å². The van der Waals surface area contributed by atoms with Crippen molar-refractivity contribution in [1.82, 2.24) is 5.32 Å². The number of hydrogen-bond donors (Lipinski definition) is 1. The zero-order valence-corrected chi connectivity index (χ0v) is 11.0. The van der Waals surface area contributed by atoms with Gasteiger partial charge in [-0.3, -0.25) is 0 Å². The Labute approximate surface area is 103 Å². The molecule has 1 aliphatic carbocycles. The molecule has 2 fully saturated rings. The second kappa shape index (κ2) is 6.24. The number of hydrogen-bond acceptors (Lipinski definition) is 4. The molecule has 1 unspecified atom stereocenters. The predicted octanol–water partition coefficient (Wildman–Crippen LogP) is 2.01. The lowest BCUT2D eigenvalue weighted by Crippen LogP contribution is -2.41. The highest BCUT2D eigenvalue weighted by Crippen LogP contribution is 2.39. The third-order valence-electron chi connectivity index (χ3n) is 3.74. The van der Waals surface area contributed by atoms with Crippen molar-refractivity contribution in [2.45, 2.75) is 43.0 Å². The molecule has 1 saturated heterocycles. The van der Waals surface area contributed by atoms with Crippen LogP contribution >= 0.6 is 11.8 Å². The van der Waals surface area contributed by atoms with Gasteiger partial charge in [0.2, 0.25) is 0 Å². The minimum absolute atomic E-state index is 0.356. The van der Waals surface area contributed by atoms with Crippen LogP contribution in [-0.4, -0.2) is 43.6 Å². The van der Waals surface area contributed by atoms with E-state index in [2.05, 4.69) is 11.6 Å². The lowest BCUT2D eigenvalue weighted by Gasteiger charge is -2.29. The topological polar surface area (TPSA) is 30.5 Å². The maximum atomic E-state index is 5.52. The fraction of sp³-hybridized carbons (Fsp3) is 1.00. The average Bonchev–Trinajstić information content (AvgIpc) is 2.80. The van der Waals surface area contributed by atoms with Crippen molar-refractivity contribution >= 4 is 11.8 Å². The molecule has 0 radical (unpaired) electrons. The molecule has 3 nitrogen and oxygen atoms in total. The van der Waals surface area contributed by atoms with Crippen molar-refractivity contribution in [2.24, 2.45) is 0 Å². The molecule has 0 bridgehead atoms. The van der Waals surface area contributed by atoms with Crippen LogP contribution in [0.5, 0.6) is 0 Å². The zero-order chi connectivity index (χ0) is 11.3. The minimum Gasteiger partial charge on any atom is -0.355 e. The van der Waals surface area contributed by atoms with E-state index >= 15 is 0 Å². The van der Waals surface area contributed by atoms with Gasteiger partial charge >= 0.3 is 0 Å². The van der Waals surface area contributed by atoms with Crippen LogP contribution in [0, 0.1) is 0 Å². The molecule has 1 saturated carbocycles. The lowest BCUT2D eigenvalue weighted by molar-refractivity contribution is -0.137. The first-order valence-corrected chi connectivity index (χ1v) is 7.52. The Hall–Kier alpha value is 0.230. The quantitative estimate of drug-likeness (QED) is 0.802. The monoisotopic (exact) mass is 245 g/mol. The number of ether oxygens (including phenoxy) is 2. The zero-order valence-electron chi connectivity index (χ0n) is 10.2. The molecule has 1 aliphatic heterocycles. The van der Waals surface area contributed by atoms with Crippen molar-refractivity contribution in [1.29, 1.82) is 0 Å². The number of thioether (sulfide) groups is 1. The van der Waals surface area contributed by atoms with E-state index in [1.807, 2.05) is 11.8 Å². The Bertz CT molecular complexity index is 201. The van der Waals surface area contributed by atoms with Gasteiger partial charge in [0, 0.05) is 17.8 Å². The Morgan fingerprint density at radius 2 is 2.19 bits per heavy atom. The molecule has 1 N–H and O–H groups in total. The molecule has 16 heavy (non-hydrogen) atoms. The van der Waals surface area contributed by atoms with Gasteiger partial charge in [-0.25, -0.2) is 0 Å². The molecule has 1 atom stereocenters. The van der Waals surface area contributed by atoms with Crippen LogP contribution in [0.2, 0.25) is 0 Å². The summed E-state index contributed by atoms with van der Waals surface area (Å²) in [5, 5.41) is 3.59. The van der Waals surface area contributed by atoms with Crippen LogP contribution in [0.25, 0.3) is 0 Å². The fourth-order valence-electron chi connectivity index (χ4n) is 2.60. The van der Waals surface area contributed by atoms with Crippen LogP contribution in [0.1, 0.15) is 32.1 Å². The first-order valence-electron chi connectivity index (χ1n) is 6.30. The van der Waals surface area contributed by atoms with Crippen molar-refractivity contribution in [3.05, 3.63) is 0 Å². The van der Waals surface area contributed by atoms with E-state index in [9.17, 15) is 0 Å². The van der Waals surface area contributed by atoms with E-state index in [0.717, 1.165) is 26.1 Å². The van der Waals surface area contributed by atoms with Crippen LogP contribution in [0.4, 0.5) is 0 Å². The summed E-state index contributed by atoms with van der Waals surface area (Å²) in [6.45, 7) is 3.43. The van der Waals surface area contributed by atoms with Crippen LogP contribution in [0.3, 0.4) is 0 Å². The standard InChI is InChI=1S/C12H23NO2S/c1-16-12(5-2-3-6-12)9-13-8-11-4-7-14-10-15-11/h11,13H,2-10H2,1H3. The van der Waals surface area contributed by atoms with Crippen LogP contribution in [0.15, 0.2) is 0 Å².